The minimum Gasteiger partial charge on any atom is -0.422 e. The van der Waals surface area contributed by atoms with Gasteiger partial charge >= 0.3 is 5.63 Å². The zero-order chi connectivity index (χ0) is 20.7. The number of imidazole rings is 1. The minimum atomic E-state index is -0.397. The Labute approximate surface area is 173 Å². The molecule has 30 heavy (non-hydrogen) atoms. The summed E-state index contributed by atoms with van der Waals surface area (Å²) in [7, 11) is 2.01. The number of benzene rings is 3. The predicted molar refractivity (Wildman–Crippen MR) is 121 cm³/mol. The van der Waals surface area contributed by atoms with Crippen molar-refractivity contribution in [2.75, 3.05) is 18.5 Å². The van der Waals surface area contributed by atoms with Crippen LogP contribution in [0.4, 0.5) is 5.69 Å². The van der Waals surface area contributed by atoms with Gasteiger partial charge in [-0.15, -0.1) is 0 Å². The van der Waals surface area contributed by atoms with Gasteiger partial charge in [-0.1, -0.05) is 30.3 Å². The van der Waals surface area contributed by atoms with Gasteiger partial charge in [-0.05, 0) is 49.4 Å². The van der Waals surface area contributed by atoms with Crippen molar-refractivity contribution in [1.82, 2.24) is 9.55 Å². The van der Waals surface area contributed by atoms with E-state index >= 15 is 0 Å². The van der Waals surface area contributed by atoms with Crippen molar-refractivity contribution in [1.29, 1.82) is 0 Å². The first-order valence-corrected chi connectivity index (χ1v) is 9.98. The van der Waals surface area contributed by atoms with Gasteiger partial charge in [0.2, 0.25) is 0 Å². The van der Waals surface area contributed by atoms with Crippen molar-refractivity contribution in [2.45, 2.75) is 6.92 Å². The molecule has 0 atom stereocenters. The van der Waals surface area contributed by atoms with Crippen LogP contribution in [0.25, 0.3) is 39.1 Å². The maximum atomic E-state index is 13.0. The largest absolute Gasteiger partial charge is 0.422 e. The Morgan fingerprint density at radius 1 is 0.967 bits per heavy atom. The van der Waals surface area contributed by atoms with Crippen molar-refractivity contribution >= 4 is 27.7 Å². The molecule has 3 aromatic carbocycles. The molecule has 0 unspecified atom stereocenters. The molecule has 0 aliphatic heterocycles. The second kappa shape index (κ2) is 7.19. The molecule has 0 aliphatic rings. The molecule has 0 saturated heterocycles. The highest BCUT2D eigenvalue weighted by Gasteiger charge is 2.18. The van der Waals surface area contributed by atoms with Crippen LogP contribution in [0.3, 0.4) is 0 Å². The summed E-state index contributed by atoms with van der Waals surface area (Å²) < 4.78 is 7.74. The number of hydrogen-bond donors (Lipinski definition) is 0. The van der Waals surface area contributed by atoms with E-state index in [-0.39, 0.29) is 0 Å². The van der Waals surface area contributed by atoms with Crippen LogP contribution < -0.4 is 10.5 Å². The molecule has 0 spiro atoms. The van der Waals surface area contributed by atoms with Crippen LogP contribution >= 0.6 is 0 Å². The SMILES string of the molecule is CCN(C)c1ccc2cc(-c3nc4ccccc4n3-c3ccccc3)c(=O)oc2c1. The fourth-order valence-corrected chi connectivity index (χ4v) is 3.72. The maximum Gasteiger partial charge on any atom is 0.347 e. The highest BCUT2D eigenvalue weighted by molar-refractivity contribution is 5.87. The van der Waals surface area contributed by atoms with Gasteiger partial charge in [-0.3, -0.25) is 4.57 Å². The average Bonchev–Trinajstić information content (AvgIpc) is 3.17. The molecule has 0 amide bonds. The quantitative estimate of drug-likeness (QED) is 0.390. The number of fused-ring (bicyclic) bond motifs is 2. The first kappa shape index (κ1) is 18.2. The van der Waals surface area contributed by atoms with Crippen LogP contribution in [-0.4, -0.2) is 23.1 Å². The van der Waals surface area contributed by atoms with E-state index in [1.807, 2.05) is 90.5 Å². The average molecular weight is 395 g/mol. The molecule has 148 valence electrons. The third-order valence-electron chi connectivity index (χ3n) is 5.45. The Morgan fingerprint density at radius 3 is 2.53 bits per heavy atom. The van der Waals surface area contributed by atoms with Crippen molar-refractivity contribution in [2.24, 2.45) is 0 Å². The van der Waals surface area contributed by atoms with Gasteiger partial charge in [-0.2, -0.15) is 0 Å². The Morgan fingerprint density at radius 2 is 1.73 bits per heavy atom. The van der Waals surface area contributed by atoms with Gasteiger partial charge in [0.1, 0.15) is 11.1 Å². The fraction of sp³-hybridized carbons (Fsp3) is 0.120. The first-order valence-electron chi connectivity index (χ1n) is 9.98. The van der Waals surface area contributed by atoms with Gasteiger partial charge in [0, 0.05) is 36.4 Å². The lowest BCUT2D eigenvalue weighted by Gasteiger charge is -2.16. The van der Waals surface area contributed by atoms with E-state index in [2.05, 4.69) is 11.8 Å². The lowest BCUT2D eigenvalue weighted by atomic mass is 10.1. The summed E-state index contributed by atoms with van der Waals surface area (Å²) in [5, 5.41) is 0.865. The molecular formula is C25H21N3O2. The van der Waals surface area contributed by atoms with Crippen molar-refractivity contribution in [3.63, 3.8) is 0 Å². The summed E-state index contributed by atoms with van der Waals surface area (Å²) in [6.45, 7) is 2.95. The van der Waals surface area contributed by atoms with E-state index in [4.69, 9.17) is 9.40 Å². The maximum absolute atomic E-state index is 13.0. The standard InChI is InChI=1S/C25H21N3O2/c1-3-27(2)19-14-13-17-15-20(25(29)30-23(17)16-19)24-26-21-11-7-8-12-22(21)28(24)18-9-5-4-6-10-18/h4-16H,3H2,1-2H3. The van der Waals surface area contributed by atoms with Gasteiger partial charge in [0.05, 0.1) is 11.0 Å². The number of hydrogen-bond acceptors (Lipinski definition) is 4. The van der Waals surface area contributed by atoms with Crippen molar-refractivity contribution in [3.05, 3.63) is 89.3 Å². The summed E-state index contributed by atoms with van der Waals surface area (Å²) in [6, 6.07) is 25.6. The zero-order valence-corrected chi connectivity index (χ0v) is 16.9. The third kappa shape index (κ3) is 2.95. The van der Waals surface area contributed by atoms with E-state index in [1.54, 1.807) is 0 Å². The molecule has 0 radical (unpaired) electrons. The Kier molecular flexibility index (Phi) is 4.36. The number of rotatable bonds is 4. The van der Waals surface area contributed by atoms with Crippen LogP contribution in [0.2, 0.25) is 0 Å². The smallest absolute Gasteiger partial charge is 0.347 e. The number of anilines is 1. The van der Waals surface area contributed by atoms with Crippen LogP contribution in [0.1, 0.15) is 6.92 Å². The molecule has 0 aliphatic carbocycles. The van der Waals surface area contributed by atoms with Crippen LogP contribution in [0.5, 0.6) is 0 Å². The molecule has 5 nitrogen and oxygen atoms in total. The normalized spacial score (nSPS) is 11.3. The van der Waals surface area contributed by atoms with E-state index in [1.165, 1.54) is 0 Å². The summed E-state index contributed by atoms with van der Waals surface area (Å²) in [5.41, 5.74) is 4.35. The molecule has 5 rings (SSSR count). The van der Waals surface area contributed by atoms with Gasteiger partial charge < -0.3 is 9.32 Å². The van der Waals surface area contributed by atoms with Crippen molar-refractivity contribution < 1.29 is 4.42 Å². The minimum absolute atomic E-state index is 0.397. The van der Waals surface area contributed by atoms with E-state index in [9.17, 15) is 4.79 Å². The van der Waals surface area contributed by atoms with E-state index < -0.39 is 5.63 Å². The molecule has 5 heteroatoms. The summed E-state index contributed by atoms with van der Waals surface area (Å²) in [5.74, 6) is 0.577. The topological polar surface area (TPSA) is 51.3 Å². The highest BCUT2D eigenvalue weighted by atomic mass is 16.4. The molecule has 2 heterocycles. The lowest BCUT2D eigenvalue weighted by molar-refractivity contribution is 0.562. The highest BCUT2D eigenvalue weighted by Crippen LogP contribution is 2.29. The predicted octanol–water partition coefficient (Wildman–Crippen LogP) is 5.26. The van der Waals surface area contributed by atoms with Crippen molar-refractivity contribution in [3.8, 4) is 17.1 Å². The Balaban J connectivity index is 1.76. The van der Waals surface area contributed by atoms with Crippen LogP contribution in [-0.2, 0) is 0 Å². The number of nitrogens with zero attached hydrogens (tertiary/aromatic N) is 3. The monoisotopic (exact) mass is 395 g/mol. The first-order chi connectivity index (χ1) is 14.7. The Bertz CT molecular complexity index is 1420. The number of para-hydroxylation sites is 3. The van der Waals surface area contributed by atoms with E-state index in [0.717, 1.165) is 34.3 Å². The van der Waals surface area contributed by atoms with E-state index in [0.29, 0.717) is 17.0 Å². The molecule has 0 saturated carbocycles. The molecule has 5 aromatic rings. The molecule has 0 N–H and O–H groups in total. The van der Waals surface area contributed by atoms with Gasteiger partial charge in [-0.25, -0.2) is 9.78 Å². The van der Waals surface area contributed by atoms with Gasteiger partial charge in [0.15, 0.2) is 5.82 Å². The molecular weight excluding hydrogens is 374 g/mol. The molecule has 2 aromatic heterocycles. The van der Waals surface area contributed by atoms with Crippen LogP contribution in [0, 0.1) is 0 Å². The molecule has 0 fully saturated rings. The molecule has 0 bridgehead atoms. The summed E-state index contributed by atoms with van der Waals surface area (Å²) >= 11 is 0. The number of aromatic nitrogens is 2. The Hall–Kier alpha value is -3.86. The zero-order valence-electron chi connectivity index (χ0n) is 16.9. The third-order valence-corrected chi connectivity index (χ3v) is 5.45. The summed E-state index contributed by atoms with van der Waals surface area (Å²) in [4.78, 5) is 19.9. The van der Waals surface area contributed by atoms with Crippen LogP contribution in [0.15, 0.2) is 88.1 Å². The summed E-state index contributed by atoms with van der Waals surface area (Å²) in [6.07, 6.45) is 0. The van der Waals surface area contributed by atoms with Gasteiger partial charge in [0.25, 0.3) is 0 Å². The second-order valence-corrected chi connectivity index (χ2v) is 7.28. The lowest BCUT2D eigenvalue weighted by Crippen LogP contribution is -2.15. The fourth-order valence-electron chi connectivity index (χ4n) is 3.72. The second-order valence-electron chi connectivity index (χ2n) is 7.28.